The number of rotatable bonds is 5. The van der Waals surface area contributed by atoms with Crippen LogP contribution in [0, 0.1) is 10.1 Å². The number of carbonyl (C=O) groups is 1. The minimum Gasteiger partial charge on any atom is -0.378 e. The summed E-state index contributed by atoms with van der Waals surface area (Å²) in [5, 5.41) is 11.2. The van der Waals surface area contributed by atoms with Crippen molar-refractivity contribution in [1.29, 1.82) is 0 Å². The molecule has 1 fully saturated rings. The van der Waals surface area contributed by atoms with Gasteiger partial charge in [-0.3, -0.25) is 14.9 Å². The standard InChI is InChI=1S/C13H16N2O8S2/c1-24(19,20)10-2-3-12(11(8-10)15(17)18)25(21,22)9-13(16)14-4-6-23-7-5-14/h2-3,8H,4-7,9H2,1H3. The van der Waals surface area contributed by atoms with Gasteiger partial charge in [-0.1, -0.05) is 0 Å². The molecule has 1 amide bonds. The van der Waals surface area contributed by atoms with E-state index in [1.807, 2.05) is 0 Å². The number of nitro groups is 1. The Kier molecular flexibility index (Phi) is 5.44. The van der Waals surface area contributed by atoms with Gasteiger partial charge in [0.2, 0.25) is 5.91 Å². The molecule has 0 saturated carbocycles. The van der Waals surface area contributed by atoms with Gasteiger partial charge in [0, 0.05) is 25.4 Å². The second-order valence-corrected chi connectivity index (χ2v) is 9.38. The second-order valence-electron chi connectivity index (χ2n) is 5.41. The van der Waals surface area contributed by atoms with Gasteiger partial charge in [-0.15, -0.1) is 0 Å². The Labute approximate surface area is 144 Å². The lowest BCUT2D eigenvalue weighted by atomic mass is 10.3. The number of amides is 1. The highest BCUT2D eigenvalue weighted by atomic mass is 32.2. The van der Waals surface area contributed by atoms with Crippen LogP contribution in [0.3, 0.4) is 0 Å². The lowest BCUT2D eigenvalue weighted by molar-refractivity contribution is -0.388. The SMILES string of the molecule is CS(=O)(=O)c1ccc(S(=O)(=O)CC(=O)N2CCOCC2)c([N+](=O)[O-])c1. The molecule has 0 unspecified atom stereocenters. The topological polar surface area (TPSA) is 141 Å². The lowest BCUT2D eigenvalue weighted by Crippen LogP contribution is -2.43. The number of ether oxygens (including phenoxy) is 1. The average molecular weight is 392 g/mol. The van der Waals surface area contributed by atoms with Crippen molar-refractivity contribution in [2.75, 3.05) is 38.3 Å². The Balaban J connectivity index is 2.38. The summed E-state index contributed by atoms with van der Waals surface area (Å²) in [5.74, 6) is -1.63. The maximum atomic E-state index is 12.4. The first-order valence-electron chi connectivity index (χ1n) is 7.09. The zero-order valence-electron chi connectivity index (χ0n) is 13.2. The van der Waals surface area contributed by atoms with Crippen molar-refractivity contribution >= 4 is 31.3 Å². The van der Waals surface area contributed by atoms with E-state index in [9.17, 15) is 31.7 Å². The molecule has 1 aliphatic heterocycles. The van der Waals surface area contributed by atoms with Gasteiger partial charge in [0.25, 0.3) is 5.69 Å². The lowest BCUT2D eigenvalue weighted by Gasteiger charge is -2.26. The molecule has 1 heterocycles. The summed E-state index contributed by atoms with van der Waals surface area (Å²) in [7, 11) is -8.06. The molecule has 138 valence electrons. The molecule has 0 aromatic heterocycles. The molecule has 0 N–H and O–H groups in total. The van der Waals surface area contributed by atoms with Crippen LogP contribution < -0.4 is 0 Å². The Bertz CT molecular complexity index is 902. The number of morpholine rings is 1. The molecule has 0 atom stereocenters. The van der Waals surface area contributed by atoms with Crippen molar-refractivity contribution in [2.45, 2.75) is 9.79 Å². The minimum absolute atomic E-state index is 0.240. The summed E-state index contributed by atoms with van der Waals surface area (Å²) in [6, 6.07) is 2.49. The average Bonchev–Trinajstić information content (AvgIpc) is 2.53. The third-order valence-electron chi connectivity index (χ3n) is 3.57. The van der Waals surface area contributed by atoms with Crippen molar-refractivity contribution < 1.29 is 31.3 Å². The van der Waals surface area contributed by atoms with E-state index in [1.165, 1.54) is 4.90 Å². The summed E-state index contributed by atoms with van der Waals surface area (Å²) in [6.45, 7) is 1.05. The molecule has 0 radical (unpaired) electrons. The zero-order chi connectivity index (χ0) is 18.8. The van der Waals surface area contributed by atoms with Gasteiger partial charge in [-0.05, 0) is 12.1 Å². The molecule has 1 aromatic rings. The maximum Gasteiger partial charge on any atom is 0.289 e. The molecular weight excluding hydrogens is 376 g/mol. The van der Waals surface area contributed by atoms with E-state index in [1.54, 1.807) is 0 Å². The minimum atomic E-state index is -4.32. The van der Waals surface area contributed by atoms with Crippen LogP contribution in [0.4, 0.5) is 5.69 Å². The van der Waals surface area contributed by atoms with Crippen LogP contribution in [-0.4, -0.2) is 70.9 Å². The van der Waals surface area contributed by atoms with Gasteiger partial charge < -0.3 is 9.64 Å². The van der Waals surface area contributed by atoms with E-state index in [0.717, 1.165) is 18.4 Å². The van der Waals surface area contributed by atoms with Crippen LogP contribution in [0.2, 0.25) is 0 Å². The molecule has 0 bridgehead atoms. The number of hydrogen-bond acceptors (Lipinski definition) is 8. The monoisotopic (exact) mass is 392 g/mol. The second kappa shape index (κ2) is 7.06. The van der Waals surface area contributed by atoms with Crippen molar-refractivity contribution in [3.63, 3.8) is 0 Å². The molecule has 1 saturated heterocycles. The number of nitrogens with zero attached hydrogens (tertiary/aromatic N) is 2. The number of nitro benzene ring substituents is 1. The summed E-state index contributed by atoms with van der Waals surface area (Å²) in [6.07, 6.45) is 0.849. The molecule has 1 aromatic carbocycles. The summed E-state index contributed by atoms with van der Waals surface area (Å²) >= 11 is 0. The zero-order valence-corrected chi connectivity index (χ0v) is 14.9. The number of benzene rings is 1. The fourth-order valence-electron chi connectivity index (χ4n) is 2.28. The van der Waals surface area contributed by atoms with Crippen molar-refractivity contribution in [2.24, 2.45) is 0 Å². The molecule has 10 nitrogen and oxygen atoms in total. The van der Waals surface area contributed by atoms with E-state index in [0.29, 0.717) is 6.07 Å². The van der Waals surface area contributed by atoms with Crippen LogP contribution in [-0.2, 0) is 29.2 Å². The van der Waals surface area contributed by atoms with Crippen LogP contribution in [0.1, 0.15) is 0 Å². The van der Waals surface area contributed by atoms with Crippen LogP contribution in [0.15, 0.2) is 28.0 Å². The molecule has 1 aliphatic rings. The van der Waals surface area contributed by atoms with Gasteiger partial charge in [-0.25, -0.2) is 16.8 Å². The van der Waals surface area contributed by atoms with Gasteiger partial charge >= 0.3 is 0 Å². The number of hydrogen-bond donors (Lipinski definition) is 0. The van der Waals surface area contributed by atoms with Gasteiger partial charge in [0.05, 0.1) is 23.0 Å². The molecule has 0 spiro atoms. The van der Waals surface area contributed by atoms with Crippen molar-refractivity contribution in [3.8, 4) is 0 Å². The molecule has 2 rings (SSSR count). The molecule has 12 heteroatoms. The fraction of sp³-hybridized carbons (Fsp3) is 0.462. The summed E-state index contributed by atoms with van der Waals surface area (Å²) in [5.41, 5.74) is -0.877. The van der Waals surface area contributed by atoms with Crippen molar-refractivity contribution in [3.05, 3.63) is 28.3 Å². The Morgan fingerprint density at radius 2 is 1.84 bits per heavy atom. The Morgan fingerprint density at radius 3 is 2.36 bits per heavy atom. The van der Waals surface area contributed by atoms with E-state index in [2.05, 4.69) is 0 Å². The predicted octanol–water partition coefficient (Wildman–Crippen LogP) is -0.369. The largest absolute Gasteiger partial charge is 0.378 e. The maximum absolute atomic E-state index is 12.4. The van der Waals surface area contributed by atoms with E-state index in [-0.39, 0.29) is 31.2 Å². The number of sulfone groups is 2. The highest BCUT2D eigenvalue weighted by Crippen LogP contribution is 2.28. The Morgan fingerprint density at radius 1 is 1.24 bits per heavy atom. The van der Waals surface area contributed by atoms with Crippen molar-refractivity contribution in [1.82, 2.24) is 4.90 Å². The first-order valence-corrected chi connectivity index (χ1v) is 10.6. The highest BCUT2D eigenvalue weighted by Gasteiger charge is 2.31. The normalized spacial score (nSPS) is 15.8. The third kappa shape index (κ3) is 4.52. The molecule has 0 aliphatic carbocycles. The number of carbonyl (C=O) groups excluding carboxylic acids is 1. The van der Waals surface area contributed by atoms with E-state index >= 15 is 0 Å². The van der Waals surface area contributed by atoms with Gasteiger partial charge in [-0.2, -0.15) is 0 Å². The fourth-order valence-corrected chi connectivity index (χ4v) is 4.31. The van der Waals surface area contributed by atoms with Crippen LogP contribution >= 0.6 is 0 Å². The van der Waals surface area contributed by atoms with Crippen LogP contribution in [0.25, 0.3) is 0 Å². The first kappa shape index (κ1) is 19.3. The highest BCUT2D eigenvalue weighted by molar-refractivity contribution is 7.92. The quantitative estimate of drug-likeness (QED) is 0.488. The van der Waals surface area contributed by atoms with E-state index < -0.39 is 46.8 Å². The summed E-state index contributed by atoms with van der Waals surface area (Å²) in [4.78, 5) is 22.5. The van der Waals surface area contributed by atoms with Crippen LogP contribution in [0.5, 0.6) is 0 Å². The van der Waals surface area contributed by atoms with Gasteiger partial charge in [0.1, 0.15) is 10.6 Å². The smallest absolute Gasteiger partial charge is 0.289 e. The Hall–Kier alpha value is -2.05. The van der Waals surface area contributed by atoms with E-state index in [4.69, 9.17) is 4.74 Å². The molecule has 25 heavy (non-hydrogen) atoms. The summed E-state index contributed by atoms with van der Waals surface area (Å²) < 4.78 is 53.0. The molecular formula is C13H16N2O8S2. The van der Waals surface area contributed by atoms with Gasteiger partial charge in [0.15, 0.2) is 19.7 Å². The predicted molar refractivity (Wildman–Crippen MR) is 85.7 cm³/mol. The first-order chi connectivity index (χ1) is 11.5. The third-order valence-corrected chi connectivity index (χ3v) is 6.32.